The van der Waals surface area contributed by atoms with Gasteiger partial charge in [0.1, 0.15) is 0 Å². The van der Waals surface area contributed by atoms with Gasteiger partial charge in [-0.2, -0.15) is 0 Å². The van der Waals surface area contributed by atoms with E-state index in [2.05, 4.69) is 12.1 Å². The van der Waals surface area contributed by atoms with Crippen molar-refractivity contribution in [1.82, 2.24) is 0 Å². The van der Waals surface area contributed by atoms with Crippen LogP contribution in [0.2, 0.25) is 0 Å². The minimum Gasteiger partial charge on any atom is -0.392 e. The van der Waals surface area contributed by atoms with Gasteiger partial charge in [-0.15, -0.1) is 0 Å². The van der Waals surface area contributed by atoms with E-state index in [0.29, 0.717) is 5.69 Å². The Morgan fingerprint density at radius 2 is 1.39 bits per heavy atom. The smallest absolute Gasteiger partial charge is 0.239 e. The molecule has 0 radical (unpaired) electrons. The lowest BCUT2D eigenvalue weighted by Crippen LogP contribution is -2.58. The van der Waals surface area contributed by atoms with E-state index in [-0.39, 0.29) is 17.7 Å². The fourth-order valence-electron chi connectivity index (χ4n) is 6.49. The molecule has 1 fully saturated rings. The Balaban J connectivity index is 1.66. The summed E-state index contributed by atoms with van der Waals surface area (Å²) in [5, 5.41) is 11.3. The van der Waals surface area contributed by atoms with Crippen LogP contribution in [-0.2, 0) is 15.0 Å². The predicted molar refractivity (Wildman–Crippen MR) is 118 cm³/mol. The van der Waals surface area contributed by atoms with Crippen molar-refractivity contribution in [3.05, 3.63) is 101 Å². The lowest BCUT2D eigenvalue weighted by atomic mass is 9.46. The molecule has 1 saturated heterocycles. The lowest BCUT2D eigenvalue weighted by Gasteiger charge is -2.55. The van der Waals surface area contributed by atoms with Crippen LogP contribution >= 0.6 is 0 Å². The molecule has 3 aromatic carbocycles. The van der Waals surface area contributed by atoms with Crippen LogP contribution in [0.15, 0.2) is 72.8 Å². The number of hydrogen-bond donors (Lipinski definition) is 1. The largest absolute Gasteiger partial charge is 0.392 e. The summed E-state index contributed by atoms with van der Waals surface area (Å²) in [7, 11) is 0. The van der Waals surface area contributed by atoms with Crippen LogP contribution < -0.4 is 4.90 Å². The van der Waals surface area contributed by atoms with Crippen LogP contribution in [0, 0.1) is 18.8 Å². The van der Waals surface area contributed by atoms with Gasteiger partial charge < -0.3 is 5.11 Å². The molecule has 3 aliphatic carbocycles. The highest BCUT2D eigenvalue weighted by atomic mass is 16.3. The predicted octanol–water partition coefficient (Wildman–Crippen LogP) is 3.93. The Labute approximate surface area is 181 Å². The first kappa shape index (κ1) is 18.5. The van der Waals surface area contributed by atoms with E-state index in [1.165, 1.54) is 4.90 Å². The third-order valence-electron chi connectivity index (χ3n) is 7.63. The van der Waals surface area contributed by atoms with Crippen molar-refractivity contribution < 1.29 is 14.7 Å². The molecule has 3 aromatic rings. The summed E-state index contributed by atoms with van der Waals surface area (Å²) in [5.74, 6) is -1.72. The van der Waals surface area contributed by atoms with Crippen molar-refractivity contribution in [1.29, 1.82) is 0 Å². The summed E-state index contributed by atoms with van der Waals surface area (Å²) in [5.41, 5.74) is 4.77. The molecule has 0 aromatic heterocycles. The van der Waals surface area contributed by atoms with Crippen molar-refractivity contribution in [2.75, 3.05) is 4.90 Å². The van der Waals surface area contributed by atoms with E-state index in [4.69, 9.17) is 0 Å². The summed E-state index contributed by atoms with van der Waals surface area (Å²) < 4.78 is 0. The van der Waals surface area contributed by atoms with E-state index in [1.54, 1.807) is 6.92 Å². The number of carbonyl (C=O) groups excluding carboxylic acids is 2. The Hall–Kier alpha value is -3.24. The van der Waals surface area contributed by atoms with Crippen LogP contribution in [0.1, 0.15) is 40.7 Å². The highest BCUT2D eigenvalue weighted by molar-refractivity contribution is 6.23. The molecule has 1 heterocycles. The molecule has 31 heavy (non-hydrogen) atoms. The number of imide groups is 1. The highest BCUT2D eigenvalue weighted by Crippen LogP contribution is 2.65. The number of anilines is 1. The third kappa shape index (κ3) is 2.08. The van der Waals surface area contributed by atoms with Gasteiger partial charge in [-0.05, 0) is 48.2 Å². The number of aryl methyl sites for hydroxylation is 1. The maximum atomic E-state index is 13.9. The molecular weight excluding hydrogens is 386 g/mol. The van der Waals surface area contributed by atoms with Crippen molar-refractivity contribution in [2.24, 2.45) is 11.8 Å². The molecule has 0 unspecified atom stereocenters. The number of rotatable bonds is 2. The average Bonchev–Trinajstić information content (AvgIpc) is 3.05. The zero-order valence-electron chi connectivity index (χ0n) is 17.4. The van der Waals surface area contributed by atoms with Gasteiger partial charge in [0.25, 0.3) is 0 Å². The Kier molecular flexibility index (Phi) is 3.67. The molecule has 4 aliphatic rings. The lowest BCUT2D eigenvalue weighted by molar-refractivity contribution is -0.126. The number of aliphatic hydroxyl groups is 1. The van der Waals surface area contributed by atoms with E-state index >= 15 is 0 Å². The standard InChI is InChI=1S/C27H23NO3/c1-15-11-13-17(14-12-15)28-25(30)23-22-18-7-3-5-9-20(18)27(16(2)29,24(23)26(28)31)21-10-6-4-8-19(21)22/h3-14,16,22-24,29H,1-2H3/t16-,22?,23+,24+,27?/m0/s1. The van der Waals surface area contributed by atoms with Gasteiger partial charge in [0.15, 0.2) is 0 Å². The van der Waals surface area contributed by atoms with E-state index in [0.717, 1.165) is 27.8 Å². The Bertz CT molecular complexity index is 1200. The van der Waals surface area contributed by atoms with Crippen LogP contribution in [0.3, 0.4) is 0 Å². The normalized spacial score (nSPS) is 28.9. The molecule has 2 amide bonds. The molecule has 0 spiro atoms. The van der Waals surface area contributed by atoms with E-state index in [1.807, 2.05) is 67.6 Å². The second-order valence-electron chi connectivity index (χ2n) is 9.05. The van der Waals surface area contributed by atoms with Gasteiger partial charge in [-0.3, -0.25) is 9.59 Å². The average molecular weight is 409 g/mol. The molecule has 0 saturated carbocycles. The summed E-state index contributed by atoms with van der Waals surface area (Å²) in [4.78, 5) is 29.1. The molecule has 7 rings (SSSR count). The van der Waals surface area contributed by atoms with Crippen molar-refractivity contribution in [3.63, 3.8) is 0 Å². The molecule has 1 N–H and O–H groups in total. The molecule has 4 nitrogen and oxygen atoms in total. The quantitative estimate of drug-likeness (QED) is 0.653. The van der Waals surface area contributed by atoms with Crippen molar-refractivity contribution in [3.8, 4) is 0 Å². The Morgan fingerprint density at radius 3 is 1.94 bits per heavy atom. The van der Waals surface area contributed by atoms with E-state index < -0.39 is 23.4 Å². The van der Waals surface area contributed by atoms with Crippen LogP contribution in [0.5, 0.6) is 0 Å². The number of aliphatic hydroxyl groups excluding tert-OH is 1. The number of nitrogens with zero attached hydrogens (tertiary/aromatic N) is 1. The highest BCUT2D eigenvalue weighted by Gasteiger charge is 2.69. The van der Waals surface area contributed by atoms with Crippen LogP contribution in [-0.4, -0.2) is 23.0 Å². The molecule has 2 bridgehead atoms. The molecule has 3 atom stereocenters. The van der Waals surface area contributed by atoms with Crippen LogP contribution in [0.4, 0.5) is 5.69 Å². The third-order valence-corrected chi connectivity index (χ3v) is 7.63. The maximum Gasteiger partial charge on any atom is 0.239 e. The SMILES string of the molecule is Cc1ccc(N2C(=O)[C@@H]3C4c5ccccc5C([C@H](C)O)(c5ccccc54)[C@H]3C2=O)cc1. The second kappa shape index (κ2) is 6.14. The summed E-state index contributed by atoms with van der Waals surface area (Å²) >= 11 is 0. The zero-order valence-corrected chi connectivity index (χ0v) is 17.4. The number of hydrogen-bond acceptors (Lipinski definition) is 3. The van der Waals surface area contributed by atoms with E-state index in [9.17, 15) is 14.7 Å². The van der Waals surface area contributed by atoms with Gasteiger partial charge >= 0.3 is 0 Å². The van der Waals surface area contributed by atoms with Crippen LogP contribution in [0.25, 0.3) is 0 Å². The first-order valence-electron chi connectivity index (χ1n) is 10.8. The van der Waals surface area contributed by atoms with Gasteiger partial charge in [-0.1, -0.05) is 66.2 Å². The fourth-order valence-corrected chi connectivity index (χ4v) is 6.49. The first-order chi connectivity index (χ1) is 15.0. The van der Waals surface area contributed by atoms with Gasteiger partial charge in [0, 0.05) is 5.92 Å². The summed E-state index contributed by atoms with van der Waals surface area (Å²) in [6, 6.07) is 23.5. The monoisotopic (exact) mass is 409 g/mol. The van der Waals surface area contributed by atoms with Gasteiger partial charge in [-0.25, -0.2) is 4.90 Å². The number of benzene rings is 3. The summed E-state index contributed by atoms with van der Waals surface area (Å²) in [6.07, 6.45) is -0.835. The second-order valence-corrected chi connectivity index (χ2v) is 9.05. The molecule has 4 heteroatoms. The van der Waals surface area contributed by atoms with Gasteiger partial charge in [0.2, 0.25) is 11.8 Å². The maximum absolute atomic E-state index is 13.9. The topological polar surface area (TPSA) is 57.6 Å². The molecule has 1 aliphatic heterocycles. The minimum atomic E-state index is -0.946. The molecular formula is C27H23NO3. The Morgan fingerprint density at radius 1 is 0.839 bits per heavy atom. The number of amides is 2. The van der Waals surface area contributed by atoms with Crippen molar-refractivity contribution in [2.45, 2.75) is 31.3 Å². The first-order valence-corrected chi connectivity index (χ1v) is 10.8. The summed E-state index contributed by atoms with van der Waals surface area (Å²) in [6.45, 7) is 3.73. The molecule has 154 valence electrons. The van der Waals surface area contributed by atoms with Gasteiger partial charge in [0.05, 0.1) is 29.0 Å². The zero-order chi connectivity index (χ0) is 21.5. The fraction of sp³-hybridized carbons (Fsp3) is 0.259. The number of carbonyl (C=O) groups is 2. The minimum absolute atomic E-state index is 0.169. The van der Waals surface area contributed by atoms with Crippen molar-refractivity contribution >= 4 is 17.5 Å².